The lowest BCUT2D eigenvalue weighted by molar-refractivity contribution is -0.0926. The molecule has 14 heavy (non-hydrogen) atoms. The molecule has 3 atom stereocenters. The molecule has 0 saturated carbocycles. The molecule has 0 heterocycles. The quantitative estimate of drug-likeness (QED) is 0.374. The zero-order valence-electron chi connectivity index (χ0n) is 8.77. The van der Waals surface area contributed by atoms with Gasteiger partial charge in [-0.1, -0.05) is 13.0 Å². The van der Waals surface area contributed by atoms with Crippen molar-refractivity contribution in [3.8, 4) is 0 Å². The van der Waals surface area contributed by atoms with Crippen molar-refractivity contribution in [2.75, 3.05) is 0 Å². The molecule has 0 spiro atoms. The van der Waals surface area contributed by atoms with Gasteiger partial charge in [-0.25, -0.2) is 5.00 Å². The van der Waals surface area contributed by atoms with E-state index in [1.165, 1.54) is 6.08 Å². The van der Waals surface area contributed by atoms with Crippen LogP contribution in [0.25, 0.3) is 0 Å². The summed E-state index contributed by atoms with van der Waals surface area (Å²) in [5, 5.41) is 22.3. The molecule has 0 aromatic heterocycles. The van der Waals surface area contributed by atoms with Gasteiger partial charge < -0.3 is 20.1 Å². The van der Waals surface area contributed by atoms with Crippen LogP contribution in [0.5, 0.6) is 0 Å². The fraction of sp³-hybridized carbons (Fsp3) is 0.750. The molecule has 0 aliphatic rings. The van der Waals surface area contributed by atoms with Crippen molar-refractivity contribution in [3.05, 3.63) is 23.1 Å². The van der Waals surface area contributed by atoms with Crippen molar-refractivity contribution in [2.45, 2.75) is 39.3 Å². The third-order valence-corrected chi connectivity index (χ3v) is 2.61. The van der Waals surface area contributed by atoms with Crippen molar-refractivity contribution in [3.63, 3.8) is 0 Å². The maximum Gasteiger partial charge on any atom is 0.0754 e. The Balaban J connectivity index is 3.81. The van der Waals surface area contributed by atoms with Gasteiger partial charge in [0.05, 0.1) is 6.10 Å². The summed E-state index contributed by atoms with van der Waals surface area (Å²) in [5.74, 6) is 0. The van der Waals surface area contributed by atoms with Gasteiger partial charge in [-0.05, 0) is 20.3 Å². The minimum absolute atomic E-state index is 0.160. The molecule has 0 aliphatic carbocycles. The molecule has 0 bridgehead atoms. The molecular weight excluding hydrogens is 203 g/mol. The standard InChI is InChI=1S/C8H17N2O3P/c1-5-7(3)9(11)14-10(12)13-8(4)6-2/h5,7-8,14H,1,6H2,2-4H3/q-2. The Hall–Kier alpha value is -0.0300. The van der Waals surface area contributed by atoms with Crippen LogP contribution >= 0.6 is 8.88 Å². The Morgan fingerprint density at radius 1 is 1.50 bits per heavy atom. The molecule has 0 saturated heterocycles. The smallest absolute Gasteiger partial charge is 0.0754 e. The van der Waals surface area contributed by atoms with Crippen LogP contribution in [0.3, 0.4) is 0 Å². The highest BCUT2D eigenvalue weighted by molar-refractivity contribution is 7.32. The van der Waals surface area contributed by atoms with Gasteiger partial charge in [-0.3, -0.25) is 0 Å². The number of hydroxylamine groups is 1. The van der Waals surface area contributed by atoms with E-state index in [9.17, 15) is 10.4 Å². The Labute approximate surface area is 86.7 Å². The Morgan fingerprint density at radius 2 is 2.07 bits per heavy atom. The molecular formula is C8H17N2O3P-2. The van der Waals surface area contributed by atoms with Crippen LogP contribution in [0.1, 0.15) is 27.2 Å². The van der Waals surface area contributed by atoms with Crippen LogP contribution in [0.15, 0.2) is 12.7 Å². The summed E-state index contributed by atoms with van der Waals surface area (Å²) in [6, 6.07) is -0.370. The van der Waals surface area contributed by atoms with Gasteiger partial charge in [0.1, 0.15) is 0 Å². The average molecular weight is 220 g/mol. The molecule has 0 radical (unpaired) electrons. The summed E-state index contributed by atoms with van der Waals surface area (Å²) < 4.78 is 0. The van der Waals surface area contributed by atoms with E-state index in [2.05, 4.69) is 6.58 Å². The van der Waals surface area contributed by atoms with E-state index in [0.717, 1.165) is 6.42 Å². The molecule has 5 nitrogen and oxygen atoms in total. The van der Waals surface area contributed by atoms with Crippen LogP contribution in [0.4, 0.5) is 0 Å². The van der Waals surface area contributed by atoms with Crippen molar-refractivity contribution in [2.24, 2.45) is 0 Å². The molecule has 0 aromatic carbocycles. The molecule has 6 heteroatoms. The maximum atomic E-state index is 11.2. The molecule has 0 aliphatic heterocycles. The lowest BCUT2D eigenvalue weighted by atomic mass is 10.3. The summed E-state index contributed by atoms with van der Waals surface area (Å²) >= 11 is 0. The first-order valence-corrected chi connectivity index (χ1v) is 5.39. The number of hydrogen-bond donors (Lipinski definition) is 0. The zero-order chi connectivity index (χ0) is 11.1. The molecule has 0 fully saturated rings. The van der Waals surface area contributed by atoms with Gasteiger partial charge in [0.15, 0.2) is 0 Å². The molecule has 3 unspecified atom stereocenters. The predicted octanol–water partition coefficient (Wildman–Crippen LogP) is 2.40. The monoisotopic (exact) mass is 220 g/mol. The first-order valence-electron chi connectivity index (χ1n) is 4.50. The summed E-state index contributed by atoms with van der Waals surface area (Å²) in [5.41, 5.74) is 0. The molecule has 0 amide bonds. The highest BCUT2D eigenvalue weighted by atomic mass is 31.1. The molecule has 0 aromatic rings. The SMILES string of the molecule is C=CC(C)N([O-])PN([O-])OC(C)CC. The number of hydrogen-bond acceptors (Lipinski definition) is 5. The van der Waals surface area contributed by atoms with E-state index in [4.69, 9.17) is 4.84 Å². The lowest BCUT2D eigenvalue weighted by Crippen LogP contribution is -2.24. The summed E-state index contributed by atoms with van der Waals surface area (Å²) in [6.07, 6.45) is 2.06. The zero-order valence-corrected chi connectivity index (χ0v) is 9.77. The topological polar surface area (TPSA) is 61.8 Å². The van der Waals surface area contributed by atoms with Crippen molar-refractivity contribution in [1.29, 1.82) is 0 Å². The minimum Gasteiger partial charge on any atom is -0.781 e. The third-order valence-electron chi connectivity index (χ3n) is 1.74. The normalized spacial score (nSPS) is 16.8. The molecule has 0 rings (SSSR count). The van der Waals surface area contributed by atoms with Gasteiger partial charge >= 0.3 is 0 Å². The van der Waals surface area contributed by atoms with E-state index in [-0.39, 0.29) is 12.1 Å². The fourth-order valence-corrected chi connectivity index (χ4v) is 1.20. The summed E-state index contributed by atoms with van der Waals surface area (Å²) in [4.78, 5) is 5.85. The fourth-order valence-electron chi connectivity index (χ4n) is 0.529. The van der Waals surface area contributed by atoms with Gasteiger partial charge in [0, 0.05) is 14.9 Å². The first-order chi connectivity index (χ1) is 6.51. The highest BCUT2D eigenvalue weighted by Gasteiger charge is 2.03. The third kappa shape index (κ3) is 5.65. The van der Waals surface area contributed by atoms with Crippen molar-refractivity contribution < 1.29 is 4.84 Å². The lowest BCUT2D eigenvalue weighted by Gasteiger charge is -2.40. The number of nitrogens with zero attached hydrogens (tertiary/aromatic N) is 2. The van der Waals surface area contributed by atoms with Crippen LogP contribution in [0.2, 0.25) is 0 Å². The van der Waals surface area contributed by atoms with Crippen LogP contribution in [-0.4, -0.2) is 22.0 Å². The number of rotatable bonds is 7. The second-order valence-electron chi connectivity index (χ2n) is 2.98. The predicted molar refractivity (Wildman–Crippen MR) is 59.2 cm³/mol. The van der Waals surface area contributed by atoms with Crippen LogP contribution in [0, 0.1) is 10.4 Å². The summed E-state index contributed by atoms with van der Waals surface area (Å²) in [7, 11) is -0.575. The van der Waals surface area contributed by atoms with Crippen molar-refractivity contribution >= 4 is 8.88 Å². The first kappa shape index (κ1) is 14.0. The van der Waals surface area contributed by atoms with E-state index in [0.29, 0.717) is 9.83 Å². The van der Waals surface area contributed by atoms with Gasteiger partial charge in [-0.2, -0.15) is 0 Å². The Morgan fingerprint density at radius 3 is 2.50 bits per heavy atom. The van der Waals surface area contributed by atoms with Crippen molar-refractivity contribution in [1.82, 2.24) is 9.83 Å². The van der Waals surface area contributed by atoms with Gasteiger partial charge in [0.2, 0.25) is 0 Å². The van der Waals surface area contributed by atoms with E-state index < -0.39 is 8.88 Å². The summed E-state index contributed by atoms with van der Waals surface area (Å²) in [6.45, 7) is 8.82. The van der Waals surface area contributed by atoms with E-state index in [1.807, 2.05) is 6.92 Å². The second kappa shape index (κ2) is 7.29. The van der Waals surface area contributed by atoms with Crippen LogP contribution in [-0.2, 0) is 4.84 Å². The van der Waals surface area contributed by atoms with Crippen LogP contribution < -0.4 is 0 Å². The highest BCUT2D eigenvalue weighted by Crippen LogP contribution is 2.25. The average Bonchev–Trinajstić information content (AvgIpc) is 2.15. The minimum atomic E-state index is -0.575. The second-order valence-corrected chi connectivity index (χ2v) is 3.99. The molecule has 0 N–H and O–H groups in total. The Bertz CT molecular complexity index is 171. The van der Waals surface area contributed by atoms with Gasteiger partial charge in [-0.15, -0.1) is 6.58 Å². The van der Waals surface area contributed by atoms with E-state index >= 15 is 0 Å². The molecule has 84 valence electrons. The maximum absolute atomic E-state index is 11.2. The van der Waals surface area contributed by atoms with Gasteiger partial charge in [0.25, 0.3) is 0 Å². The Kier molecular flexibility index (Phi) is 7.27. The largest absolute Gasteiger partial charge is 0.781 e. The van der Waals surface area contributed by atoms with E-state index in [1.54, 1.807) is 13.8 Å².